The summed E-state index contributed by atoms with van der Waals surface area (Å²) in [5.74, 6) is -1.56. The van der Waals surface area contributed by atoms with Crippen molar-refractivity contribution in [3.63, 3.8) is 0 Å². The lowest BCUT2D eigenvalue weighted by molar-refractivity contribution is 0.0690. The van der Waals surface area contributed by atoms with Gasteiger partial charge >= 0.3 is 5.97 Å². The van der Waals surface area contributed by atoms with Crippen LogP contribution in [-0.4, -0.2) is 28.5 Å². The van der Waals surface area contributed by atoms with Crippen molar-refractivity contribution >= 4 is 23.5 Å². The number of carboxylic acids is 1. The number of carboxylic acid groups (broad SMARTS) is 1. The highest BCUT2D eigenvalue weighted by atomic mass is 35.5. The Morgan fingerprint density at radius 1 is 1.10 bits per heavy atom. The minimum Gasteiger partial charge on any atom is -0.477 e. The highest BCUT2D eigenvalue weighted by Gasteiger charge is 2.10. The Hall–Kier alpha value is -2.40. The summed E-state index contributed by atoms with van der Waals surface area (Å²) in [5, 5.41) is 12.2. The zero-order valence-electron chi connectivity index (χ0n) is 11.0. The van der Waals surface area contributed by atoms with Crippen molar-refractivity contribution in [3.05, 3.63) is 64.4 Å². The van der Waals surface area contributed by atoms with E-state index in [9.17, 15) is 9.59 Å². The Labute approximate surface area is 126 Å². The molecule has 21 heavy (non-hydrogen) atoms. The number of aromatic carboxylic acids is 1. The molecular formula is C15H13ClN2O3. The maximum absolute atomic E-state index is 11.9. The molecule has 0 saturated carbocycles. The molecule has 0 saturated heterocycles. The summed E-state index contributed by atoms with van der Waals surface area (Å²) >= 11 is 5.79. The van der Waals surface area contributed by atoms with Gasteiger partial charge in [0.25, 0.3) is 5.91 Å². The summed E-state index contributed by atoms with van der Waals surface area (Å²) in [5.41, 5.74) is 0.985. The van der Waals surface area contributed by atoms with Gasteiger partial charge in [0.1, 0.15) is 11.4 Å². The molecule has 1 aromatic heterocycles. The van der Waals surface area contributed by atoms with Crippen molar-refractivity contribution in [1.29, 1.82) is 0 Å². The fourth-order valence-electron chi connectivity index (χ4n) is 1.74. The molecule has 0 atom stereocenters. The number of hydrogen-bond acceptors (Lipinski definition) is 3. The zero-order valence-corrected chi connectivity index (χ0v) is 11.8. The van der Waals surface area contributed by atoms with Gasteiger partial charge in [-0.3, -0.25) is 4.79 Å². The quantitative estimate of drug-likeness (QED) is 0.889. The number of carbonyl (C=O) groups excluding carboxylic acids is 1. The van der Waals surface area contributed by atoms with Gasteiger partial charge in [-0.1, -0.05) is 29.8 Å². The Morgan fingerprint density at radius 3 is 2.43 bits per heavy atom. The van der Waals surface area contributed by atoms with E-state index in [0.29, 0.717) is 18.0 Å². The molecule has 0 aliphatic rings. The van der Waals surface area contributed by atoms with Crippen LogP contribution in [0.1, 0.15) is 26.5 Å². The molecule has 0 fully saturated rings. The molecule has 6 heteroatoms. The summed E-state index contributed by atoms with van der Waals surface area (Å²) in [4.78, 5) is 26.5. The summed E-state index contributed by atoms with van der Waals surface area (Å²) < 4.78 is 0. The Morgan fingerprint density at radius 2 is 1.76 bits per heavy atom. The van der Waals surface area contributed by atoms with Gasteiger partial charge in [0.05, 0.1) is 0 Å². The topological polar surface area (TPSA) is 79.3 Å². The molecule has 108 valence electrons. The molecule has 0 bridgehead atoms. The van der Waals surface area contributed by atoms with E-state index in [1.165, 1.54) is 18.2 Å². The average molecular weight is 305 g/mol. The third-order valence-electron chi connectivity index (χ3n) is 2.81. The lowest BCUT2D eigenvalue weighted by Gasteiger charge is -2.05. The van der Waals surface area contributed by atoms with Crippen LogP contribution in [0.2, 0.25) is 5.02 Å². The monoisotopic (exact) mass is 304 g/mol. The minimum atomic E-state index is -1.16. The SMILES string of the molecule is O=C(O)c1cccc(C(=O)NCCc2ccc(Cl)cc2)n1. The number of nitrogens with zero attached hydrogens (tertiary/aromatic N) is 1. The second-order valence-electron chi connectivity index (χ2n) is 4.35. The number of pyridine rings is 1. The minimum absolute atomic E-state index is 0.0889. The summed E-state index contributed by atoms with van der Waals surface area (Å²) in [6.07, 6.45) is 0.654. The van der Waals surface area contributed by atoms with Gasteiger partial charge in [0.2, 0.25) is 0 Å². The van der Waals surface area contributed by atoms with Crippen molar-refractivity contribution in [1.82, 2.24) is 10.3 Å². The Balaban J connectivity index is 1.91. The molecule has 0 aliphatic carbocycles. The van der Waals surface area contributed by atoms with Crippen LogP contribution in [0.25, 0.3) is 0 Å². The highest BCUT2D eigenvalue weighted by molar-refractivity contribution is 6.30. The molecule has 0 aliphatic heterocycles. The Bertz CT molecular complexity index is 656. The maximum atomic E-state index is 11.9. The number of benzene rings is 1. The van der Waals surface area contributed by atoms with E-state index < -0.39 is 11.9 Å². The molecular weight excluding hydrogens is 292 g/mol. The number of nitrogens with one attached hydrogen (secondary N) is 1. The summed E-state index contributed by atoms with van der Waals surface area (Å²) in [6.45, 7) is 0.430. The van der Waals surface area contributed by atoms with Gasteiger partial charge in [-0.05, 0) is 36.2 Å². The average Bonchev–Trinajstić information content (AvgIpc) is 2.49. The maximum Gasteiger partial charge on any atom is 0.354 e. The summed E-state index contributed by atoms with van der Waals surface area (Å²) in [6, 6.07) is 11.7. The smallest absolute Gasteiger partial charge is 0.354 e. The standard InChI is InChI=1S/C15H13ClN2O3/c16-11-6-4-10(5-7-11)8-9-17-14(19)12-2-1-3-13(18-12)15(20)21/h1-7H,8-9H2,(H,17,19)(H,20,21). The molecule has 0 spiro atoms. The van der Waals surface area contributed by atoms with Crippen molar-refractivity contribution in [2.45, 2.75) is 6.42 Å². The van der Waals surface area contributed by atoms with Crippen molar-refractivity contribution in [2.24, 2.45) is 0 Å². The van der Waals surface area contributed by atoms with E-state index >= 15 is 0 Å². The van der Waals surface area contributed by atoms with E-state index in [1.807, 2.05) is 12.1 Å². The van der Waals surface area contributed by atoms with Gasteiger partial charge in [-0.25, -0.2) is 9.78 Å². The van der Waals surface area contributed by atoms with Crippen LogP contribution in [0.4, 0.5) is 0 Å². The highest BCUT2D eigenvalue weighted by Crippen LogP contribution is 2.09. The number of hydrogen-bond donors (Lipinski definition) is 2. The van der Waals surface area contributed by atoms with Crippen LogP contribution in [0.15, 0.2) is 42.5 Å². The number of carbonyl (C=O) groups is 2. The van der Waals surface area contributed by atoms with E-state index in [-0.39, 0.29) is 11.4 Å². The van der Waals surface area contributed by atoms with Crippen LogP contribution in [0.3, 0.4) is 0 Å². The molecule has 2 rings (SSSR count). The van der Waals surface area contributed by atoms with Crippen LogP contribution < -0.4 is 5.32 Å². The van der Waals surface area contributed by atoms with Crippen LogP contribution >= 0.6 is 11.6 Å². The number of halogens is 1. The first-order chi connectivity index (χ1) is 10.1. The summed E-state index contributed by atoms with van der Waals surface area (Å²) in [7, 11) is 0. The molecule has 0 unspecified atom stereocenters. The molecule has 1 aromatic carbocycles. The van der Waals surface area contributed by atoms with Crippen molar-refractivity contribution < 1.29 is 14.7 Å². The fourth-order valence-corrected chi connectivity index (χ4v) is 1.87. The largest absolute Gasteiger partial charge is 0.477 e. The number of amides is 1. The Kier molecular flexibility index (Phi) is 4.90. The van der Waals surface area contributed by atoms with Gasteiger partial charge in [-0.15, -0.1) is 0 Å². The molecule has 1 heterocycles. The predicted octanol–water partition coefficient (Wildman–Crippen LogP) is 2.41. The molecule has 0 radical (unpaired) electrons. The first-order valence-corrected chi connectivity index (χ1v) is 6.67. The third-order valence-corrected chi connectivity index (χ3v) is 3.07. The van der Waals surface area contributed by atoms with Crippen LogP contribution in [-0.2, 0) is 6.42 Å². The van der Waals surface area contributed by atoms with E-state index in [2.05, 4.69) is 10.3 Å². The van der Waals surface area contributed by atoms with Gasteiger partial charge in [-0.2, -0.15) is 0 Å². The molecule has 1 amide bonds. The fraction of sp³-hybridized carbons (Fsp3) is 0.133. The predicted molar refractivity (Wildman–Crippen MR) is 78.7 cm³/mol. The first-order valence-electron chi connectivity index (χ1n) is 6.29. The lowest BCUT2D eigenvalue weighted by atomic mass is 10.1. The van der Waals surface area contributed by atoms with E-state index in [1.54, 1.807) is 12.1 Å². The molecule has 5 nitrogen and oxygen atoms in total. The van der Waals surface area contributed by atoms with Gasteiger partial charge < -0.3 is 10.4 Å². The molecule has 2 N–H and O–H groups in total. The van der Waals surface area contributed by atoms with Crippen molar-refractivity contribution in [3.8, 4) is 0 Å². The normalized spacial score (nSPS) is 10.1. The lowest BCUT2D eigenvalue weighted by Crippen LogP contribution is -2.27. The van der Waals surface area contributed by atoms with Gasteiger partial charge in [0.15, 0.2) is 0 Å². The zero-order chi connectivity index (χ0) is 15.2. The second-order valence-corrected chi connectivity index (χ2v) is 4.78. The van der Waals surface area contributed by atoms with Crippen LogP contribution in [0.5, 0.6) is 0 Å². The van der Waals surface area contributed by atoms with Gasteiger partial charge in [0, 0.05) is 11.6 Å². The number of aromatic nitrogens is 1. The number of rotatable bonds is 5. The van der Waals surface area contributed by atoms with E-state index in [0.717, 1.165) is 5.56 Å². The third kappa shape index (κ3) is 4.29. The first kappa shape index (κ1) is 15.0. The second kappa shape index (κ2) is 6.85. The van der Waals surface area contributed by atoms with E-state index in [4.69, 9.17) is 16.7 Å². The van der Waals surface area contributed by atoms with Crippen LogP contribution in [0, 0.1) is 0 Å². The molecule has 2 aromatic rings. The van der Waals surface area contributed by atoms with Crippen molar-refractivity contribution in [2.75, 3.05) is 6.54 Å².